The third-order valence-electron chi connectivity index (χ3n) is 4.96. The maximum Gasteiger partial charge on any atom is 0.234 e. The zero-order valence-electron chi connectivity index (χ0n) is 12.5. The van der Waals surface area contributed by atoms with Gasteiger partial charge in [-0.15, -0.1) is 0 Å². The summed E-state index contributed by atoms with van der Waals surface area (Å²) in [5.41, 5.74) is 5.49. The summed E-state index contributed by atoms with van der Waals surface area (Å²) in [5, 5.41) is 0. The summed E-state index contributed by atoms with van der Waals surface area (Å²) in [4.78, 5) is 16.4. The summed E-state index contributed by atoms with van der Waals surface area (Å²) < 4.78 is 0. The molecule has 0 saturated carbocycles. The summed E-state index contributed by atoms with van der Waals surface area (Å²) in [6, 6.07) is 1.14. The standard InChI is InChI=1S/C15H29N3O/c1-12(17-9-3-4-10-17)7-8-13(2)18-11-5-6-14(18)15(16)19/h12-14H,3-11H2,1-2H3,(H2,16,19). The monoisotopic (exact) mass is 267 g/mol. The minimum absolute atomic E-state index is 0.0166. The van der Waals surface area contributed by atoms with E-state index in [-0.39, 0.29) is 11.9 Å². The molecule has 2 aliphatic heterocycles. The molecule has 2 heterocycles. The van der Waals surface area contributed by atoms with E-state index in [0.29, 0.717) is 12.1 Å². The molecule has 4 nitrogen and oxygen atoms in total. The molecule has 1 amide bonds. The molecule has 2 aliphatic rings. The van der Waals surface area contributed by atoms with E-state index in [0.717, 1.165) is 19.4 Å². The van der Waals surface area contributed by atoms with Crippen molar-refractivity contribution in [2.24, 2.45) is 5.73 Å². The molecule has 0 aromatic carbocycles. The molecular formula is C15H29N3O. The van der Waals surface area contributed by atoms with Crippen LogP contribution in [0.1, 0.15) is 52.4 Å². The van der Waals surface area contributed by atoms with E-state index in [9.17, 15) is 4.79 Å². The normalized spacial score (nSPS) is 28.6. The van der Waals surface area contributed by atoms with Gasteiger partial charge in [0, 0.05) is 12.1 Å². The molecule has 3 unspecified atom stereocenters. The SMILES string of the molecule is CC(CCC(C)N1CCCC1C(N)=O)N1CCCC1. The van der Waals surface area contributed by atoms with E-state index in [4.69, 9.17) is 5.73 Å². The fourth-order valence-electron chi connectivity index (χ4n) is 3.64. The zero-order valence-corrected chi connectivity index (χ0v) is 12.5. The molecule has 2 saturated heterocycles. The molecule has 110 valence electrons. The topological polar surface area (TPSA) is 49.6 Å². The maximum atomic E-state index is 11.4. The number of carbonyl (C=O) groups is 1. The van der Waals surface area contributed by atoms with Crippen molar-refractivity contribution in [3.63, 3.8) is 0 Å². The number of nitrogens with two attached hydrogens (primary N) is 1. The Hall–Kier alpha value is -0.610. The number of hydrogen-bond acceptors (Lipinski definition) is 3. The fraction of sp³-hybridized carbons (Fsp3) is 0.933. The van der Waals surface area contributed by atoms with Crippen molar-refractivity contribution in [2.75, 3.05) is 19.6 Å². The number of primary amides is 1. The number of carbonyl (C=O) groups excluding carboxylic acids is 1. The summed E-state index contributed by atoms with van der Waals surface area (Å²) in [6.45, 7) is 8.16. The Bertz CT molecular complexity index is 302. The summed E-state index contributed by atoms with van der Waals surface area (Å²) in [5.74, 6) is -0.142. The van der Waals surface area contributed by atoms with Crippen LogP contribution >= 0.6 is 0 Å². The molecule has 2 fully saturated rings. The van der Waals surface area contributed by atoms with Crippen LogP contribution in [-0.4, -0.2) is 53.5 Å². The van der Waals surface area contributed by atoms with Gasteiger partial charge in [0.25, 0.3) is 0 Å². The average molecular weight is 267 g/mol. The molecule has 0 aliphatic carbocycles. The number of nitrogens with zero attached hydrogens (tertiary/aromatic N) is 2. The van der Waals surface area contributed by atoms with Crippen molar-refractivity contribution in [3.05, 3.63) is 0 Å². The maximum absolute atomic E-state index is 11.4. The Morgan fingerprint density at radius 2 is 1.74 bits per heavy atom. The minimum Gasteiger partial charge on any atom is -0.368 e. The van der Waals surface area contributed by atoms with Crippen LogP contribution in [0.25, 0.3) is 0 Å². The Labute approximate surface area is 117 Å². The van der Waals surface area contributed by atoms with Crippen LogP contribution in [-0.2, 0) is 4.79 Å². The van der Waals surface area contributed by atoms with Crippen molar-refractivity contribution in [2.45, 2.75) is 70.5 Å². The predicted molar refractivity (Wildman–Crippen MR) is 77.9 cm³/mol. The highest BCUT2D eigenvalue weighted by molar-refractivity contribution is 5.80. The van der Waals surface area contributed by atoms with E-state index in [2.05, 4.69) is 23.6 Å². The minimum atomic E-state index is -0.142. The van der Waals surface area contributed by atoms with Crippen LogP contribution in [0, 0.1) is 0 Å². The van der Waals surface area contributed by atoms with Crippen LogP contribution in [0.15, 0.2) is 0 Å². The summed E-state index contributed by atoms with van der Waals surface area (Å²) in [6.07, 6.45) is 7.16. The molecule has 19 heavy (non-hydrogen) atoms. The lowest BCUT2D eigenvalue weighted by molar-refractivity contribution is -0.122. The van der Waals surface area contributed by atoms with E-state index in [1.165, 1.54) is 38.8 Å². The third kappa shape index (κ3) is 3.69. The van der Waals surface area contributed by atoms with Crippen LogP contribution in [0.3, 0.4) is 0 Å². The molecule has 0 radical (unpaired) electrons. The fourth-order valence-corrected chi connectivity index (χ4v) is 3.64. The Morgan fingerprint density at radius 1 is 1.11 bits per heavy atom. The zero-order chi connectivity index (χ0) is 13.8. The number of hydrogen-bond donors (Lipinski definition) is 1. The van der Waals surface area contributed by atoms with E-state index < -0.39 is 0 Å². The molecule has 0 aromatic heterocycles. The Morgan fingerprint density at radius 3 is 2.37 bits per heavy atom. The Balaban J connectivity index is 1.77. The van der Waals surface area contributed by atoms with Crippen molar-refractivity contribution in [1.29, 1.82) is 0 Å². The first-order valence-electron chi connectivity index (χ1n) is 7.88. The van der Waals surface area contributed by atoms with Crippen LogP contribution in [0.4, 0.5) is 0 Å². The molecule has 0 bridgehead atoms. The second-order valence-corrected chi connectivity index (χ2v) is 6.32. The van der Waals surface area contributed by atoms with Gasteiger partial charge in [0.1, 0.15) is 0 Å². The first-order valence-corrected chi connectivity index (χ1v) is 7.88. The van der Waals surface area contributed by atoms with E-state index >= 15 is 0 Å². The smallest absolute Gasteiger partial charge is 0.234 e. The molecule has 0 aromatic rings. The highest BCUT2D eigenvalue weighted by atomic mass is 16.1. The first kappa shape index (κ1) is 14.8. The highest BCUT2D eigenvalue weighted by Gasteiger charge is 2.32. The van der Waals surface area contributed by atoms with Gasteiger partial charge in [0.2, 0.25) is 5.91 Å². The second-order valence-electron chi connectivity index (χ2n) is 6.32. The van der Waals surface area contributed by atoms with Gasteiger partial charge in [-0.2, -0.15) is 0 Å². The molecule has 0 spiro atoms. The highest BCUT2D eigenvalue weighted by Crippen LogP contribution is 2.23. The molecule has 3 atom stereocenters. The second kappa shape index (κ2) is 6.71. The largest absolute Gasteiger partial charge is 0.368 e. The average Bonchev–Trinajstić information content (AvgIpc) is 3.04. The van der Waals surface area contributed by atoms with Crippen molar-refractivity contribution in [3.8, 4) is 0 Å². The predicted octanol–water partition coefficient (Wildman–Crippen LogP) is 1.59. The van der Waals surface area contributed by atoms with Gasteiger partial charge in [-0.3, -0.25) is 9.69 Å². The van der Waals surface area contributed by atoms with Gasteiger partial charge in [-0.05, 0) is 72.0 Å². The first-order chi connectivity index (χ1) is 9.09. The number of amides is 1. The van der Waals surface area contributed by atoms with Crippen LogP contribution in [0.5, 0.6) is 0 Å². The van der Waals surface area contributed by atoms with E-state index in [1.54, 1.807) is 0 Å². The lowest BCUT2D eigenvalue weighted by Crippen LogP contribution is -2.45. The molecule has 2 rings (SSSR count). The van der Waals surface area contributed by atoms with Crippen LogP contribution < -0.4 is 5.73 Å². The van der Waals surface area contributed by atoms with Gasteiger partial charge in [-0.25, -0.2) is 0 Å². The molecule has 2 N–H and O–H groups in total. The van der Waals surface area contributed by atoms with Gasteiger partial charge in [0.05, 0.1) is 6.04 Å². The molecule has 4 heteroatoms. The van der Waals surface area contributed by atoms with Crippen molar-refractivity contribution >= 4 is 5.91 Å². The Kier molecular flexibility index (Phi) is 5.22. The number of likely N-dealkylation sites (tertiary alicyclic amines) is 2. The summed E-state index contributed by atoms with van der Waals surface area (Å²) >= 11 is 0. The van der Waals surface area contributed by atoms with Gasteiger partial charge >= 0.3 is 0 Å². The molecular weight excluding hydrogens is 238 g/mol. The van der Waals surface area contributed by atoms with Gasteiger partial charge in [-0.1, -0.05) is 0 Å². The van der Waals surface area contributed by atoms with Crippen LogP contribution in [0.2, 0.25) is 0 Å². The summed E-state index contributed by atoms with van der Waals surface area (Å²) in [7, 11) is 0. The third-order valence-corrected chi connectivity index (χ3v) is 4.96. The quantitative estimate of drug-likeness (QED) is 0.795. The number of rotatable bonds is 6. The lowest BCUT2D eigenvalue weighted by atomic mass is 10.1. The van der Waals surface area contributed by atoms with Crippen molar-refractivity contribution < 1.29 is 4.79 Å². The van der Waals surface area contributed by atoms with E-state index in [1.807, 2.05) is 0 Å². The lowest BCUT2D eigenvalue weighted by Gasteiger charge is -2.31. The van der Waals surface area contributed by atoms with Gasteiger partial charge in [0.15, 0.2) is 0 Å². The van der Waals surface area contributed by atoms with Crippen molar-refractivity contribution in [1.82, 2.24) is 9.80 Å². The van der Waals surface area contributed by atoms with Gasteiger partial charge < -0.3 is 10.6 Å².